The number of nitrogens with two attached hydrogens (primary N) is 1. The second-order valence-electron chi connectivity index (χ2n) is 6.42. The highest BCUT2D eigenvalue weighted by atomic mass is 32.2. The number of aromatic nitrogens is 2. The van der Waals surface area contributed by atoms with Gasteiger partial charge >= 0.3 is 0 Å². The van der Waals surface area contributed by atoms with Crippen LogP contribution in [0.2, 0.25) is 0 Å². The Morgan fingerprint density at radius 1 is 1.17 bits per heavy atom. The molecule has 0 bridgehead atoms. The summed E-state index contributed by atoms with van der Waals surface area (Å²) in [6, 6.07) is 15.5. The second kappa shape index (κ2) is 9.83. The fraction of sp³-hybridized carbons (Fsp3) is 0.190. The van der Waals surface area contributed by atoms with Crippen LogP contribution in [-0.4, -0.2) is 35.1 Å². The Morgan fingerprint density at radius 2 is 1.86 bits per heavy atom. The van der Waals surface area contributed by atoms with Crippen molar-refractivity contribution in [3.63, 3.8) is 0 Å². The summed E-state index contributed by atoms with van der Waals surface area (Å²) in [7, 11) is 1.31. The van der Waals surface area contributed by atoms with Gasteiger partial charge < -0.3 is 15.6 Å². The van der Waals surface area contributed by atoms with Gasteiger partial charge in [-0.1, -0.05) is 29.8 Å². The number of nitrogens with one attached hydrogen (secondary N) is 1. The van der Waals surface area contributed by atoms with Gasteiger partial charge in [0.2, 0.25) is 0 Å². The smallest absolute Gasteiger partial charge is 0.278 e. The molecular weight excluding hydrogens is 403 g/mol. The number of nitrogens with zero attached hydrogens (tertiary/aromatic N) is 2. The zero-order valence-electron chi connectivity index (χ0n) is 16.5. The third-order valence-electron chi connectivity index (χ3n) is 4.20. The first-order chi connectivity index (χ1) is 14.0. The van der Waals surface area contributed by atoms with E-state index in [0.717, 1.165) is 21.5 Å². The molecule has 0 spiro atoms. The van der Waals surface area contributed by atoms with E-state index in [4.69, 9.17) is 10.3 Å². The quantitative estimate of drug-likeness (QED) is 0.408. The van der Waals surface area contributed by atoms with Gasteiger partial charge in [-0.2, -0.15) is 0 Å². The molecule has 3 rings (SSSR count). The molecule has 6 nitrogen and oxygen atoms in total. The van der Waals surface area contributed by atoms with Crippen LogP contribution >= 0.6 is 19.9 Å². The first kappa shape index (κ1) is 21.2. The topological polar surface area (TPSA) is 90.1 Å². The van der Waals surface area contributed by atoms with Crippen molar-refractivity contribution in [3.05, 3.63) is 66.0 Å². The van der Waals surface area contributed by atoms with Crippen LogP contribution in [0.25, 0.3) is 11.3 Å². The van der Waals surface area contributed by atoms with Crippen LogP contribution in [0.4, 0.5) is 11.5 Å². The zero-order chi connectivity index (χ0) is 20.8. The highest BCUT2D eigenvalue weighted by Gasteiger charge is 2.15. The van der Waals surface area contributed by atoms with Crippen LogP contribution in [0.15, 0.2) is 59.6 Å². The molecule has 150 valence electrons. The number of anilines is 2. The number of hydrogen-bond donors (Lipinski definition) is 2. The van der Waals surface area contributed by atoms with Gasteiger partial charge in [-0.3, -0.25) is 4.79 Å². The zero-order valence-corrected chi connectivity index (χ0v) is 18.3. The van der Waals surface area contributed by atoms with Gasteiger partial charge in [0.05, 0.1) is 11.9 Å². The molecule has 3 aromatic rings. The molecular formula is C21H23N4O2PS. The minimum atomic E-state index is -0.418. The summed E-state index contributed by atoms with van der Waals surface area (Å²) < 4.78 is 5.32. The van der Waals surface area contributed by atoms with E-state index in [0.29, 0.717) is 11.4 Å². The first-order valence-electron chi connectivity index (χ1n) is 8.95. The third kappa shape index (κ3) is 5.76. The molecule has 2 aromatic carbocycles. The first-order valence-corrected chi connectivity index (χ1v) is 11.8. The maximum Gasteiger partial charge on any atom is 0.278 e. The molecule has 1 atom stereocenters. The van der Waals surface area contributed by atoms with Gasteiger partial charge in [-0.25, -0.2) is 9.97 Å². The summed E-state index contributed by atoms with van der Waals surface area (Å²) in [6.45, 7) is 4.10. The van der Waals surface area contributed by atoms with Crippen molar-refractivity contribution in [2.45, 2.75) is 11.8 Å². The lowest BCUT2D eigenvalue weighted by Crippen LogP contribution is -2.17. The van der Waals surface area contributed by atoms with Crippen LogP contribution in [0.3, 0.4) is 0 Å². The normalized spacial score (nSPS) is 11.8. The predicted molar refractivity (Wildman–Crippen MR) is 122 cm³/mol. The molecule has 1 unspecified atom stereocenters. The van der Waals surface area contributed by atoms with Crippen LogP contribution in [0.1, 0.15) is 16.1 Å². The van der Waals surface area contributed by atoms with E-state index in [1.165, 1.54) is 0 Å². The predicted octanol–water partition coefficient (Wildman–Crippen LogP) is 5.01. The second-order valence-corrected chi connectivity index (χ2v) is 9.83. The van der Waals surface area contributed by atoms with Gasteiger partial charge in [0.25, 0.3) is 5.91 Å². The number of benzene rings is 2. The molecule has 8 heteroatoms. The van der Waals surface area contributed by atoms with Crippen molar-refractivity contribution in [2.75, 3.05) is 30.3 Å². The Labute approximate surface area is 176 Å². The molecule has 0 saturated carbocycles. The van der Waals surface area contributed by atoms with Crippen molar-refractivity contribution < 1.29 is 9.32 Å². The molecule has 29 heavy (non-hydrogen) atoms. The lowest BCUT2D eigenvalue weighted by molar-refractivity contribution is 0.102. The average molecular weight is 426 g/mol. The summed E-state index contributed by atoms with van der Waals surface area (Å²) >= 11 is 1.73. The SMILES string of the molecule is COP(C)CSc1ccc(NC(=O)c2nc(-c3ccc(C)cc3)cnc2N)cc1. The van der Waals surface area contributed by atoms with Crippen LogP contribution < -0.4 is 11.1 Å². The van der Waals surface area contributed by atoms with Crippen molar-refractivity contribution in [1.82, 2.24) is 9.97 Å². The number of nitrogen functional groups attached to an aromatic ring is 1. The fourth-order valence-corrected chi connectivity index (χ4v) is 4.55. The Hall–Kier alpha value is -2.47. The summed E-state index contributed by atoms with van der Waals surface area (Å²) in [5, 5.41) is 2.84. The van der Waals surface area contributed by atoms with E-state index in [-0.39, 0.29) is 17.4 Å². The van der Waals surface area contributed by atoms with Gasteiger partial charge in [0, 0.05) is 36.9 Å². The summed E-state index contributed by atoms with van der Waals surface area (Å²) in [5.41, 5.74) is 10.2. The summed E-state index contributed by atoms with van der Waals surface area (Å²) in [6.07, 6.45) is 1.57. The Morgan fingerprint density at radius 3 is 2.52 bits per heavy atom. The monoisotopic (exact) mass is 426 g/mol. The highest BCUT2D eigenvalue weighted by Crippen LogP contribution is 2.38. The minimum Gasteiger partial charge on any atom is -0.382 e. The molecule has 0 aliphatic carbocycles. The lowest BCUT2D eigenvalue weighted by atomic mass is 10.1. The molecule has 0 aliphatic rings. The van der Waals surface area contributed by atoms with E-state index in [9.17, 15) is 4.79 Å². The fourth-order valence-electron chi connectivity index (χ4n) is 2.47. The molecule has 0 saturated heterocycles. The minimum absolute atomic E-state index is 0.0985. The van der Waals surface area contributed by atoms with E-state index >= 15 is 0 Å². The number of carbonyl (C=O) groups excluding carboxylic acids is 1. The molecule has 1 amide bonds. The number of carbonyl (C=O) groups is 1. The molecule has 0 radical (unpaired) electrons. The van der Waals surface area contributed by atoms with Crippen molar-refractivity contribution in [2.24, 2.45) is 0 Å². The molecule has 0 aliphatic heterocycles. The molecule has 1 heterocycles. The van der Waals surface area contributed by atoms with Crippen molar-refractivity contribution >= 4 is 37.3 Å². The average Bonchev–Trinajstić information content (AvgIpc) is 2.74. The third-order valence-corrected chi connectivity index (χ3v) is 7.40. The number of amides is 1. The Kier molecular flexibility index (Phi) is 7.20. The van der Waals surface area contributed by atoms with Crippen molar-refractivity contribution in [1.29, 1.82) is 0 Å². The van der Waals surface area contributed by atoms with Gasteiger partial charge in [-0.15, -0.1) is 11.8 Å². The van der Waals surface area contributed by atoms with Crippen LogP contribution in [0.5, 0.6) is 0 Å². The van der Waals surface area contributed by atoms with E-state index in [1.807, 2.05) is 55.5 Å². The molecule has 1 aromatic heterocycles. The number of thioether (sulfide) groups is 1. The summed E-state index contributed by atoms with van der Waals surface area (Å²) in [4.78, 5) is 22.4. The van der Waals surface area contributed by atoms with Crippen LogP contribution in [0, 0.1) is 6.92 Å². The number of aryl methyl sites for hydroxylation is 1. The summed E-state index contributed by atoms with van der Waals surface area (Å²) in [5.74, 6) is -0.290. The van der Waals surface area contributed by atoms with E-state index in [1.54, 1.807) is 25.1 Å². The maximum absolute atomic E-state index is 12.7. The number of hydrogen-bond acceptors (Lipinski definition) is 6. The van der Waals surface area contributed by atoms with Crippen LogP contribution in [-0.2, 0) is 4.52 Å². The van der Waals surface area contributed by atoms with E-state index < -0.39 is 8.15 Å². The largest absolute Gasteiger partial charge is 0.382 e. The van der Waals surface area contributed by atoms with Gasteiger partial charge in [0.15, 0.2) is 11.5 Å². The highest BCUT2D eigenvalue weighted by molar-refractivity contribution is 8.04. The standard InChI is InChI=1S/C21H23N4O2PS/c1-14-4-6-15(7-5-14)18-12-23-20(22)19(25-18)21(26)24-16-8-10-17(11-9-16)29-13-28(3)27-2/h4-12H,13H2,1-3H3,(H2,22,23)(H,24,26). The van der Waals surface area contributed by atoms with Gasteiger partial charge in [-0.05, 0) is 37.9 Å². The maximum atomic E-state index is 12.7. The lowest BCUT2D eigenvalue weighted by Gasteiger charge is -2.10. The molecule has 3 N–H and O–H groups in total. The Balaban J connectivity index is 1.72. The number of rotatable bonds is 7. The van der Waals surface area contributed by atoms with E-state index in [2.05, 4.69) is 21.9 Å². The Bertz CT molecular complexity index is 981. The van der Waals surface area contributed by atoms with Gasteiger partial charge in [0.1, 0.15) is 0 Å². The molecule has 0 fully saturated rings. The van der Waals surface area contributed by atoms with Crippen molar-refractivity contribution in [3.8, 4) is 11.3 Å².